The van der Waals surface area contributed by atoms with Gasteiger partial charge in [-0.15, -0.1) is 0 Å². The van der Waals surface area contributed by atoms with Crippen molar-refractivity contribution in [1.29, 1.82) is 0 Å². The molecule has 2 aromatic rings. The number of amides is 2. The van der Waals surface area contributed by atoms with Crippen LogP contribution in [0.5, 0.6) is 0 Å². The van der Waals surface area contributed by atoms with Crippen molar-refractivity contribution >= 4 is 17.5 Å². The lowest BCUT2D eigenvalue weighted by atomic mass is 9.95. The van der Waals surface area contributed by atoms with Crippen LogP contribution >= 0.6 is 0 Å². The van der Waals surface area contributed by atoms with Gasteiger partial charge < -0.3 is 10.6 Å². The Hall–Kier alpha value is -2.90. The normalized spacial score (nSPS) is 15.1. The van der Waals surface area contributed by atoms with Crippen molar-refractivity contribution in [3.05, 3.63) is 59.4 Å². The average molecular weight is 391 g/mol. The summed E-state index contributed by atoms with van der Waals surface area (Å²) in [6.07, 6.45) is 2.15. The summed E-state index contributed by atoms with van der Waals surface area (Å²) in [5, 5.41) is 5.45. The van der Waals surface area contributed by atoms with Crippen LogP contribution in [0, 0.1) is 0 Å². The Morgan fingerprint density at radius 3 is 2.29 bits per heavy atom. The molecule has 148 valence electrons. The summed E-state index contributed by atoms with van der Waals surface area (Å²) in [7, 11) is 0. The fraction of sp³-hybridized carbons (Fsp3) is 0.350. The molecule has 1 aliphatic rings. The highest BCUT2D eigenvalue weighted by Crippen LogP contribution is 2.29. The Morgan fingerprint density at radius 1 is 0.964 bits per heavy atom. The minimum atomic E-state index is -4.44. The molecule has 1 saturated carbocycles. The summed E-state index contributed by atoms with van der Waals surface area (Å²) in [5.74, 6) is -0.870. The number of halogens is 3. The van der Waals surface area contributed by atoms with Gasteiger partial charge in [-0.05, 0) is 49.2 Å². The molecule has 5 nitrogen and oxygen atoms in total. The summed E-state index contributed by atoms with van der Waals surface area (Å²) >= 11 is 0. The molecule has 0 bridgehead atoms. The van der Waals surface area contributed by atoms with Gasteiger partial charge in [0.2, 0.25) is 0 Å². The summed E-state index contributed by atoms with van der Waals surface area (Å²) in [5.41, 5.74) is -0.267. The van der Waals surface area contributed by atoms with E-state index in [-0.39, 0.29) is 23.3 Å². The summed E-state index contributed by atoms with van der Waals surface area (Å²) < 4.78 is 37.8. The van der Waals surface area contributed by atoms with E-state index in [0.717, 1.165) is 37.8 Å². The molecule has 2 amide bonds. The van der Waals surface area contributed by atoms with E-state index in [1.807, 2.05) is 0 Å². The summed E-state index contributed by atoms with van der Waals surface area (Å²) in [6, 6.07) is 7.14. The van der Waals surface area contributed by atoms with E-state index in [9.17, 15) is 22.8 Å². The number of pyridine rings is 1. The number of hydrogen-bond acceptors (Lipinski definition) is 3. The molecule has 0 spiro atoms. The maximum absolute atomic E-state index is 12.6. The lowest BCUT2D eigenvalue weighted by Crippen LogP contribution is -2.36. The number of anilines is 1. The van der Waals surface area contributed by atoms with Gasteiger partial charge in [0.15, 0.2) is 0 Å². The summed E-state index contributed by atoms with van der Waals surface area (Å²) in [6.45, 7) is 0. The molecule has 0 aliphatic heterocycles. The predicted molar refractivity (Wildman–Crippen MR) is 98.0 cm³/mol. The van der Waals surface area contributed by atoms with E-state index in [0.29, 0.717) is 5.56 Å². The van der Waals surface area contributed by atoms with Crippen LogP contribution < -0.4 is 10.6 Å². The third-order valence-electron chi connectivity index (χ3n) is 4.67. The van der Waals surface area contributed by atoms with Gasteiger partial charge in [0, 0.05) is 23.5 Å². The van der Waals surface area contributed by atoms with E-state index in [2.05, 4.69) is 15.6 Å². The molecule has 0 unspecified atom stereocenters. The van der Waals surface area contributed by atoms with Gasteiger partial charge in [-0.2, -0.15) is 13.2 Å². The van der Waals surface area contributed by atoms with Crippen molar-refractivity contribution in [3.63, 3.8) is 0 Å². The van der Waals surface area contributed by atoms with Crippen molar-refractivity contribution in [2.45, 2.75) is 44.3 Å². The zero-order valence-electron chi connectivity index (χ0n) is 15.1. The SMILES string of the molecule is O=C(NC1CCCCC1)c1ccnc(C(=O)Nc2ccc(C(F)(F)F)cc2)c1. The van der Waals surface area contributed by atoms with Crippen molar-refractivity contribution in [3.8, 4) is 0 Å². The Labute approximate surface area is 160 Å². The maximum Gasteiger partial charge on any atom is 0.416 e. The molecule has 1 aromatic heterocycles. The Morgan fingerprint density at radius 2 is 1.64 bits per heavy atom. The number of nitrogens with zero attached hydrogens (tertiary/aromatic N) is 1. The Balaban J connectivity index is 1.65. The van der Waals surface area contributed by atoms with Crippen LogP contribution in [0.1, 0.15) is 58.5 Å². The number of carbonyl (C=O) groups is 2. The van der Waals surface area contributed by atoms with E-state index in [1.165, 1.54) is 36.9 Å². The van der Waals surface area contributed by atoms with Crippen LogP contribution in [0.3, 0.4) is 0 Å². The zero-order chi connectivity index (χ0) is 20.1. The van der Waals surface area contributed by atoms with Crippen LogP contribution in [0.15, 0.2) is 42.6 Å². The molecule has 0 saturated heterocycles. The predicted octanol–water partition coefficient (Wildman–Crippen LogP) is 4.42. The second-order valence-electron chi connectivity index (χ2n) is 6.77. The molecule has 0 radical (unpaired) electrons. The quantitative estimate of drug-likeness (QED) is 0.811. The van der Waals surface area contributed by atoms with E-state index >= 15 is 0 Å². The number of rotatable bonds is 4. The minimum absolute atomic E-state index is 0.0104. The second kappa shape index (κ2) is 8.41. The molecule has 1 aliphatic carbocycles. The molecular formula is C20H20F3N3O2. The molecule has 2 N–H and O–H groups in total. The van der Waals surface area contributed by atoms with Crippen LogP contribution in [-0.2, 0) is 6.18 Å². The number of hydrogen-bond donors (Lipinski definition) is 2. The zero-order valence-corrected chi connectivity index (χ0v) is 15.1. The smallest absolute Gasteiger partial charge is 0.349 e. The molecule has 1 heterocycles. The fourth-order valence-electron chi connectivity index (χ4n) is 3.15. The first-order chi connectivity index (χ1) is 13.3. The first kappa shape index (κ1) is 19.9. The largest absolute Gasteiger partial charge is 0.416 e. The molecular weight excluding hydrogens is 371 g/mol. The third-order valence-corrected chi connectivity index (χ3v) is 4.67. The first-order valence-electron chi connectivity index (χ1n) is 9.08. The topological polar surface area (TPSA) is 71.1 Å². The number of aromatic nitrogens is 1. The van der Waals surface area contributed by atoms with E-state index in [1.54, 1.807) is 0 Å². The monoisotopic (exact) mass is 391 g/mol. The van der Waals surface area contributed by atoms with Gasteiger partial charge in [0.25, 0.3) is 11.8 Å². The number of benzene rings is 1. The van der Waals surface area contributed by atoms with Gasteiger partial charge in [0.05, 0.1) is 5.56 Å². The highest BCUT2D eigenvalue weighted by atomic mass is 19.4. The van der Waals surface area contributed by atoms with Gasteiger partial charge in [-0.3, -0.25) is 14.6 Å². The number of carbonyl (C=O) groups excluding carboxylic acids is 2. The van der Waals surface area contributed by atoms with Gasteiger partial charge in [-0.25, -0.2) is 0 Å². The van der Waals surface area contributed by atoms with Gasteiger partial charge in [-0.1, -0.05) is 19.3 Å². The molecule has 8 heteroatoms. The third kappa shape index (κ3) is 5.09. The average Bonchev–Trinajstić information content (AvgIpc) is 2.68. The lowest BCUT2D eigenvalue weighted by molar-refractivity contribution is -0.137. The highest BCUT2D eigenvalue weighted by molar-refractivity contribution is 6.04. The standard InChI is InChI=1S/C20H20F3N3O2/c21-20(22,23)14-6-8-16(9-7-14)26-19(28)17-12-13(10-11-24-17)18(27)25-15-4-2-1-3-5-15/h6-12,15H,1-5H2,(H,25,27)(H,26,28). The molecule has 3 rings (SSSR count). The molecule has 1 aromatic carbocycles. The molecule has 1 fully saturated rings. The Bertz CT molecular complexity index is 845. The van der Waals surface area contributed by atoms with Crippen LogP contribution in [0.4, 0.5) is 18.9 Å². The van der Waals surface area contributed by atoms with E-state index in [4.69, 9.17) is 0 Å². The van der Waals surface area contributed by atoms with Crippen LogP contribution in [-0.4, -0.2) is 22.8 Å². The maximum atomic E-state index is 12.6. The number of alkyl halides is 3. The Kier molecular flexibility index (Phi) is 5.96. The first-order valence-corrected chi connectivity index (χ1v) is 9.08. The summed E-state index contributed by atoms with van der Waals surface area (Å²) in [4.78, 5) is 28.7. The van der Waals surface area contributed by atoms with Crippen molar-refractivity contribution in [2.24, 2.45) is 0 Å². The van der Waals surface area contributed by atoms with Crippen LogP contribution in [0.2, 0.25) is 0 Å². The lowest BCUT2D eigenvalue weighted by Gasteiger charge is -2.22. The number of nitrogens with one attached hydrogen (secondary N) is 2. The van der Waals surface area contributed by atoms with Gasteiger partial charge in [0.1, 0.15) is 5.69 Å². The molecule has 28 heavy (non-hydrogen) atoms. The second-order valence-corrected chi connectivity index (χ2v) is 6.77. The highest BCUT2D eigenvalue weighted by Gasteiger charge is 2.30. The van der Waals surface area contributed by atoms with E-state index < -0.39 is 17.6 Å². The fourth-order valence-corrected chi connectivity index (χ4v) is 3.15. The molecule has 0 atom stereocenters. The van der Waals surface area contributed by atoms with Gasteiger partial charge >= 0.3 is 6.18 Å². The minimum Gasteiger partial charge on any atom is -0.349 e. The van der Waals surface area contributed by atoms with Crippen LogP contribution in [0.25, 0.3) is 0 Å². The van der Waals surface area contributed by atoms with Crippen molar-refractivity contribution in [2.75, 3.05) is 5.32 Å². The van der Waals surface area contributed by atoms with Crippen molar-refractivity contribution in [1.82, 2.24) is 10.3 Å². The van der Waals surface area contributed by atoms with Crippen molar-refractivity contribution < 1.29 is 22.8 Å².